The van der Waals surface area contributed by atoms with E-state index in [0.717, 1.165) is 30.8 Å². The highest BCUT2D eigenvalue weighted by molar-refractivity contribution is 6.11. The van der Waals surface area contributed by atoms with Gasteiger partial charge in [0.05, 0.1) is 12.0 Å². The monoisotopic (exact) mass is 444 g/mol. The van der Waals surface area contributed by atoms with E-state index in [-0.39, 0.29) is 30.6 Å². The van der Waals surface area contributed by atoms with Gasteiger partial charge in [-0.3, -0.25) is 24.2 Å². The molecule has 0 bridgehead atoms. The number of amides is 3. The molecule has 0 radical (unpaired) electrons. The highest BCUT2D eigenvalue weighted by Crippen LogP contribution is 2.41. The summed E-state index contributed by atoms with van der Waals surface area (Å²) in [4.78, 5) is 47.4. The van der Waals surface area contributed by atoms with Gasteiger partial charge >= 0.3 is 0 Å². The fourth-order valence-electron chi connectivity index (χ4n) is 4.69. The van der Waals surface area contributed by atoms with Crippen LogP contribution in [0.2, 0.25) is 0 Å². The van der Waals surface area contributed by atoms with E-state index in [2.05, 4.69) is 4.90 Å². The zero-order valence-corrected chi connectivity index (χ0v) is 19.8. The lowest BCUT2D eigenvalue weighted by Gasteiger charge is -2.37. The number of methoxy groups -OCH3 is 1. The lowest BCUT2D eigenvalue weighted by molar-refractivity contribution is -0.143. The minimum atomic E-state index is -1.13. The molecule has 3 rings (SSSR count). The standard InChI is InChI=1S/C24H36N4O4/c1-19-7-5-6-8-20(19)24(18-22(30)28(23(24)31)14-9-25(2)3)17-21(29)27-12-10-26(11-13-27)15-16-32-4/h5-8H,9-18H2,1-4H3/t24-/m0/s1. The molecule has 2 aliphatic heterocycles. The van der Waals surface area contributed by atoms with Crippen molar-refractivity contribution in [3.63, 3.8) is 0 Å². The van der Waals surface area contributed by atoms with E-state index in [9.17, 15) is 14.4 Å². The maximum Gasteiger partial charge on any atom is 0.240 e. The van der Waals surface area contributed by atoms with Gasteiger partial charge in [0, 0.05) is 65.8 Å². The quantitative estimate of drug-likeness (QED) is 0.523. The summed E-state index contributed by atoms with van der Waals surface area (Å²) in [5.74, 6) is -0.502. The smallest absolute Gasteiger partial charge is 0.240 e. The van der Waals surface area contributed by atoms with Gasteiger partial charge in [0.15, 0.2) is 0 Å². The van der Waals surface area contributed by atoms with Gasteiger partial charge in [-0.05, 0) is 32.1 Å². The Hall–Kier alpha value is -2.29. The summed E-state index contributed by atoms with van der Waals surface area (Å²) in [7, 11) is 5.51. The van der Waals surface area contributed by atoms with Crippen LogP contribution in [0.15, 0.2) is 24.3 Å². The molecule has 2 aliphatic rings. The number of carbonyl (C=O) groups is 3. The Balaban J connectivity index is 1.81. The number of benzene rings is 1. The van der Waals surface area contributed by atoms with Crippen molar-refractivity contribution >= 4 is 17.7 Å². The van der Waals surface area contributed by atoms with Crippen LogP contribution < -0.4 is 0 Å². The lowest BCUT2D eigenvalue weighted by Crippen LogP contribution is -2.51. The average molecular weight is 445 g/mol. The molecule has 2 fully saturated rings. The Morgan fingerprint density at radius 3 is 2.41 bits per heavy atom. The number of rotatable bonds is 9. The minimum Gasteiger partial charge on any atom is -0.383 e. The Bertz CT molecular complexity index is 835. The molecule has 0 spiro atoms. The molecule has 1 aromatic carbocycles. The summed E-state index contributed by atoms with van der Waals surface area (Å²) in [6.07, 6.45) is 0.0720. The summed E-state index contributed by atoms with van der Waals surface area (Å²) in [6.45, 7) is 7.21. The van der Waals surface area contributed by atoms with Crippen LogP contribution in [0.25, 0.3) is 0 Å². The predicted octanol–water partition coefficient (Wildman–Crippen LogP) is 0.734. The summed E-state index contributed by atoms with van der Waals surface area (Å²) < 4.78 is 5.15. The average Bonchev–Trinajstić information content (AvgIpc) is 3.00. The Kier molecular flexibility index (Phi) is 8.03. The maximum atomic E-state index is 13.7. The molecule has 176 valence electrons. The first-order valence-corrected chi connectivity index (χ1v) is 11.3. The molecule has 0 aromatic heterocycles. The topological polar surface area (TPSA) is 73.4 Å². The van der Waals surface area contributed by atoms with Crippen molar-refractivity contribution in [2.24, 2.45) is 0 Å². The van der Waals surface area contributed by atoms with Crippen molar-refractivity contribution in [2.75, 3.05) is 73.6 Å². The number of carbonyl (C=O) groups excluding carboxylic acids is 3. The van der Waals surface area contributed by atoms with Crippen LogP contribution in [0.3, 0.4) is 0 Å². The van der Waals surface area contributed by atoms with Crippen molar-refractivity contribution < 1.29 is 19.1 Å². The zero-order valence-electron chi connectivity index (χ0n) is 19.8. The second-order valence-corrected chi connectivity index (χ2v) is 9.12. The number of hydrogen-bond donors (Lipinski definition) is 0. The lowest BCUT2D eigenvalue weighted by atomic mass is 9.74. The summed E-state index contributed by atoms with van der Waals surface area (Å²) in [5.41, 5.74) is 0.594. The Morgan fingerprint density at radius 1 is 1.09 bits per heavy atom. The molecule has 0 aliphatic carbocycles. The van der Waals surface area contributed by atoms with Gasteiger partial charge < -0.3 is 14.5 Å². The molecule has 2 saturated heterocycles. The van der Waals surface area contributed by atoms with Gasteiger partial charge in [0.1, 0.15) is 0 Å². The number of nitrogens with zero attached hydrogens (tertiary/aromatic N) is 4. The van der Waals surface area contributed by atoms with Crippen molar-refractivity contribution in [3.05, 3.63) is 35.4 Å². The third-order valence-electron chi connectivity index (χ3n) is 6.63. The molecule has 32 heavy (non-hydrogen) atoms. The van der Waals surface area contributed by atoms with Crippen LogP contribution in [0.5, 0.6) is 0 Å². The third-order valence-corrected chi connectivity index (χ3v) is 6.63. The minimum absolute atomic E-state index is 0.0267. The molecular weight excluding hydrogens is 408 g/mol. The highest BCUT2D eigenvalue weighted by Gasteiger charge is 2.54. The largest absolute Gasteiger partial charge is 0.383 e. The number of piperazine rings is 1. The van der Waals surface area contributed by atoms with Crippen LogP contribution in [0, 0.1) is 6.92 Å². The predicted molar refractivity (Wildman–Crippen MR) is 122 cm³/mol. The molecule has 2 heterocycles. The highest BCUT2D eigenvalue weighted by atomic mass is 16.5. The van der Waals surface area contributed by atoms with Gasteiger partial charge in [0.2, 0.25) is 17.7 Å². The molecule has 0 unspecified atom stereocenters. The van der Waals surface area contributed by atoms with Crippen LogP contribution in [0.1, 0.15) is 24.0 Å². The number of likely N-dealkylation sites (N-methyl/N-ethyl adjacent to an activating group) is 1. The molecule has 0 saturated carbocycles. The number of aryl methyl sites for hydroxylation is 1. The first kappa shape index (κ1) is 24.4. The van der Waals surface area contributed by atoms with Crippen molar-refractivity contribution in [2.45, 2.75) is 25.2 Å². The number of imide groups is 1. The van der Waals surface area contributed by atoms with E-state index >= 15 is 0 Å². The van der Waals surface area contributed by atoms with E-state index in [0.29, 0.717) is 32.8 Å². The third kappa shape index (κ3) is 5.19. The summed E-state index contributed by atoms with van der Waals surface area (Å²) in [6, 6.07) is 7.63. The van der Waals surface area contributed by atoms with E-state index in [1.54, 1.807) is 7.11 Å². The van der Waals surface area contributed by atoms with Crippen LogP contribution >= 0.6 is 0 Å². The first-order chi connectivity index (χ1) is 15.3. The Labute approximate surface area is 191 Å². The normalized spacial score (nSPS) is 22.3. The number of ether oxygens (including phenoxy) is 1. The van der Waals surface area contributed by atoms with Crippen molar-refractivity contribution in [1.29, 1.82) is 0 Å². The molecule has 8 heteroatoms. The molecule has 1 atom stereocenters. The SMILES string of the molecule is COCCN1CCN(C(=O)C[C@@]2(c3ccccc3C)CC(=O)N(CCN(C)C)C2=O)CC1. The van der Waals surface area contributed by atoms with Gasteiger partial charge in [0.25, 0.3) is 0 Å². The van der Waals surface area contributed by atoms with E-state index in [1.807, 2.05) is 55.1 Å². The van der Waals surface area contributed by atoms with Crippen molar-refractivity contribution in [3.8, 4) is 0 Å². The maximum absolute atomic E-state index is 13.7. The second kappa shape index (κ2) is 10.6. The van der Waals surface area contributed by atoms with Crippen molar-refractivity contribution in [1.82, 2.24) is 19.6 Å². The van der Waals surface area contributed by atoms with Gasteiger partial charge in [-0.25, -0.2) is 0 Å². The second-order valence-electron chi connectivity index (χ2n) is 9.12. The molecule has 0 N–H and O–H groups in total. The molecule has 3 amide bonds. The number of hydrogen-bond acceptors (Lipinski definition) is 6. The van der Waals surface area contributed by atoms with Crippen LogP contribution in [0.4, 0.5) is 0 Å². The zero-order chi connectivity index (χ0) is 23.3. The van der Waals surface area contributed by atoms with Gasteiger partial charge in [-0.15, -0.1) is 0 Å². The van der Waals surface area contributed by atoms with E-state index in [4.69, 9.17) is 4.74 Å². The van der Waals surface area contributed by atoms with Gasteiger partial charge in [-0.1, -0.05) is 24.3 Å². The van der Waals surface area contributed by atoms with Crippen LogP contribution in [-0.4, -0.2) is 111 Å². The summed E-state index contributed by atoms with van der Waals surface area (Å²) in [5, 5.41) is 0. The fraction of sp³-hybridized carbons (Fsp3) is 0.625. The Morgan fingerprint density at radius 2 is 1.78 bits per heavy atom. The number of likely N-dealkylation sites (tertiary alicyclic amines) is 1. The van der Waals surface area contributed by atoms with E-state index < -0.39 is 5.41 Å². The van der Waals surface area contributed by atoms with Gasteiger partial charge in [-0.2, -0.15) is 0 Å². The molecule has 8 nitrogen and oxygen atoms in total. The molecule has 1 aromatic rings. The molecular formula is C24H36N4O4. The van der Waals surface area contributed by atoms with E-state index in [1.165, 1.54) is 4.90 Å². The summed E-state index contributed by atoms with van der Waals surface area (Å²) >= 11 is 0. The van der Waals surface area contributed by atoms with Crippen LogP contribution in [-0.2, 0) is 24.5 Å². The first-order valence-electron chi connectivity index (χ1n) is 11.3. The fourth-order valence-corrected chi connectivity index (χ4v) is 4.69.